The average Bonchev–Trinajstić information content (AvgIpc) is 3.27. The van der Waals surface area contributed by atoms with Crippen molar-refractivity contribution in [1.82, 2.24) is 24.3 Å². The number of carbonyl (C=O) groups excluding carboxylic acids is 1. The van der Waals surface area contributed by atoms with Crippen LogP contribution in [0.15, 0.2) is 47.5 Å². The van der Waals surface area contributed by atoms with Crippen molar-refractivity contribution in [2.75, 3.05) is 19.0 Å². The maximum Gasteiger partial charge on any atom is 0.435 e. The van der Waals surface area contributed by atoms with Gasteiger partial charge in [-0.05, 0) is 32.0 Å². The van der Waals surface area contributed by atoms with Gasteiger partial charge in [0.1, 0.15) is 17.1 Å². The Kier molecular flexibility index (Phi) is 7.38. The fourth-order valence-electron chi connectivity index (χ4n) is 3.75. The molecule has 0 bridgehead atoms. The van der Waals surface area contributed by atoms with Gasteiger partial charge in [0.25, 0.3) is 5.56 Å². The Morgan fingerprint density at radius 3 is 2.54 bits per heavy atom. The van der Waals surface area contributed by atoms with Crippen LogP contribution in [-0.4, -0.2) is 44.0 Å². The van der Waals surface area contributed by atoms with Gasteiger partial charge in [0.05, 0.1) is 13.7 Å². The van der Waals surface area contributed by atoms with E-state index >= 15 is 0 Å². The first-order valence-corrected chi connectivity index (χ1v) is 11.4. The summed E-state index contributed by atoms with van der Waals surface area (Å²) in [6, 6.07) is 5.93. The van der Waals surface area contributed by atoms with Gasteiger partial charge in [-0.3, -0.25) is 4.79 Å². The number of pyridine rings is 1. The quantitative estimate of drug-likeness (QED) is 0.268. The molecule has 0 aliphatic carbocycles. The number of nitrogens with zero attached hydrogens (tertiary/aromatic N) is 5. The second-order valence-electron chi connectivity index (χ2n) is 8.30. The Labute approximate surface area is 218 Å². The van der Waals surface area contributed by atoms with E-state index in [0.29, 0.717) is 6.61 Å². The van der Waals surface area contributed by atoms with Crippen molar-refractivity contribution >= 4 is 17.6 Å². The minimum absolute atomic E-state index is 0.0932. The summed E-state index contributed by atoms with van der Waals surface area (Å²) in [5, 5.41) is 6.50. The Morgan fingerprint density at radius 2 is 1.90 bits per heavy atom. The molecule has 0 saturated carbocycles. The monoisotopic (exact) mass is 546 g/mol. The van der Waals surface area contributed by atoms with E-state index in [4.69, 9.17) is 4.74 Å². The van der Waals surface area contributed by atoms with Crippen molar-refractivity contribution in [1.29, 1.82) is 0 Å². The second-order valence-corrected chi connectivity index (χ2v) is 8.30. The average molecular weight is 546 g/mol. The van der Waals surface area contributed by atoms with E-state index in [1.165, 1.54) is 44.6 Å². The lowest BCUT2D eigenvalue weighted by Crippen LogP contribution is -2.25. The number of aromatic nitrogens is 5. The van der Waals surface area contributed by atoms with Crippen LogP contribution in [0.2, 0.25) is 0 Å². The Balaban J connectivity index is 1.91. The maximum absolute atomic E-state index is 14.1. The van der Waals surface area contributed by atoms with E-state index in [1.807, 2.05) is 0 Å². The highest BCUT2D eigenvalue weighted by molar-refractivity contribution is 5.90. The number of halogens is 4. The summed E-state index contributed by atoms with van der Waals surface area (Å²) in [5.74, 6) is -1.45. The number of nitrogens with one attached hydrogen (secondary N) is 1. The number of anilines is 2. The molecule has 0 saturated heterocycles. The molecule has 0 aliphatic heterocycles. The highest BCUT2D eigenvalue weighted by Crippen LogP contribution is 2.32. The first kappa shape index (κ1) is 27.3. The van der Waals surface area contributed by atoms with E-state index in [0.717, 1.165) is 28.5 Å². The molecule has 4 rings (SSSR count). The zero-order chi connectivity index (χ0) is 28.5. The zero-order valence-electron chi connectivity index (χ0n) is 21.1. The summed E-state index contributed by atoms with van der Waals surface area (Å²) in [6.45, 7) is 3.44. The highest BCUT2D eigenvalue weighted by atomic mass is 19.4. The molecule has 3 aromatic heterocycles. The number of rotatable bonds is 7. The molecule has 14 heteroatoms. The van der Waals surface area contributed by atoms with Gasteiger partial charge in [0, 0.05) is 54.1 Å². The number of esters is 1. The molecule has 3 heterocycles. The van der Waals surface area contributed by atoms with E-state index < -0.39 is 29.2 Å². The molecular formula is C25H22F4N6O4. The number of carbonyl (C=O) groups is 1. The molecule has 0 spiro atoms. The third-order valence-corrected chi connectivity index (χ3v) is 5.49. The number of alkyl halides is 3. The van der Waals surface area contributed by atoms with Crippen LogP contribution >= 0.6 is 0 Å². The lowest BCUT2D eigenvalue weighted by atomic mass is 10.1. The Morgan fingerprint density at radius 1 is 1.15 bits per heavy atom. The number of hydrogen-bond donors (Lipinski definition) is 1. The number of methoxy groups -OCH3 is 1. The predicted molar refractivity (Wildman–Crippen MR) is 132 cm³/mol. The smallest absolute Gasteiger partial charge is 0.435 e. The van der Waals surface area contributed by atoms with Crippen LogP contribution in [0.5, 0.6) is 5.75 Å². The summed E-state index contributed by atoms with van der Waals surface area (Å²) in [6.07, 6.45) is -2.08. The summed E-state index contributed by atoms with van der Waals surface area (Å²) >= 11 is 0. The third kappa shape index (κ3) is 5.73. The van der Waals surface area contributed by atoms with Crippen molar-refractivity contribution in [2.24, 2.45) is 7.05 Å². The molecule has 1 aromatic carbocycles. The van der Waals surface area contributed by atoms with E-state index in [2.05, 4.69) is 25.1 Å². The van der Waals surface area contributed by atoms with Crippen LogP contribution in [0.3, 0.4) is 0 Å². The Bertz CT molecular complexity index is 1610. The second kappa shape index (κ2) is 10.6. The predicted octanol–water partition coefficient (Wildman–Crippen LogP) is 4.42. The minimum atomic E-state index is -4.73. The number of ether oxygens (including phenoxy) is 2. The third-order valence-electron chi connectivity index (χ3n) is 5.49. The van der Waals surface area contributed by atoms with Crippen molar-refractivity contribution in [3.63, 3.8) is 0 Å². The van der Waals surface area contributed by atoms with Gasteiger partial charge >= 0.3 is 12.1 Å². The lowest BCUT2D eigenvalue weighted by Gasteiger charge is -2.14. The number of benzene rings is 1. The molecule has 0 fully saturated rings. The van der Waals surface area contributed by atoms with E-state index in [9.17, 15) is 27.2 Å². The summed E-state index contributed by atoms with van der Waals surface area (Å²) in [7, 11) is 2.51. The number of aryl methyl sites for hydroxylation is 2. The molecular weight excluding hydrogens is 524 g/mol. The van der Waals surface area contributed by atoms with Gasteiger partial charge in [0.2, 0.25) is 5.95 Å². The van der Waals surface area contributed by atoms with Crippen molar-refractivity contribution in [3.05, 3.63) is 75.8 Å². The SMILES string of the molecule is CCOc1cc(F)cc(Nc2ncc(-c3cc(C(=O)OC)c(=O)n(C)c3)c(-n3nc(C(F)(F)F)cc3C)n2)c1. The summed E-state index contributed by atoms with van der Waals surface area (Å²) < 4.78 is 66.6. The lowest BCUT2D eigenvalue weighted by molar-refractivity contribution is -0.141. The van der Waals surface area contributed by atoms with Gasteiger partial charge in [0.15, 0.2) is 11.5 Å². The van der Waals surface area contributed by atoms with Gasteiger partial charge < -0.3 is 19.4 Å². The first-order chi connectivity index (χ1) is 18.4. The summed E-state index contributed by atoms with van der Waals surface area (Å²) in [5.41, 5.74) is -1.40. The molecule has 0 radical (unpaired) electrons. The van der Waals surface area contributed by atoms with Gasteiger partial charge in [-0.1, -0.05) is 0 Å². The molecule has 39 heavy (non-hydrogen) atoms. The molecule has 4 aromatic rings. The van der Waals surface area contributed by atoms with Crippen LogP contribution in [0.4, 0.5) is 29.2 Å². The molecule has 0 atom stereocenters. The largest absolute Gasteiger partial charge is 0.494 e. The van der Waals surface area contributed by atoms with Crippen LogP contribution in [0.1, 0.15) is 28.7 Å². The fraction of sp³-hybridized carbons (Fsp3) is 0.240. The van der Waals surface area contributed by atoms with E-state index in [1.54, 1.807) is 6.92 Å². The number of hydrogen-bond acceptors (Lipinski definition) is 8. The molecule has 204 valence electrons. The molecule has 10 nitrogen and oxygen atoms in total. The standard InChI is InChI=1S/C25H22F4N6O4/c1-5-39-17-9-15(26)8-16(10-17)31-24-30-11-19(14-7-18(23(37)38-4)22(36)34(3)12-14)21(32-24)35-13(2)6-20(33-35)25(27,28)29/h6-12H,5H2,1-4H3,(H,30,31,32). The van der Waals surface area contributed by atoms with Crippen molar-refractivity contribution in [3.8, 4) is 22.7 Å². The van der Waals surface area contributed by atoms with Gasteiger partial charge in [-0.15, -0.1) is 0 Å². The highest BCUT2D eigenvalue weighted by Gasteiger charge is 2.35. The molecule has 0 aliphatic rings. The maximum atomic E-state index is 14.1. The minimum Gasteiger partial charge on any atom is -0.494 e. The first-order valence-electron chi connectivity index (χ1n) is 11.4. The van der Waals surface area contributed by atoms with Crippen LogP contribution in [-0.2, 0) is 18.0 Å². The fourth-order valence-corrected chi connectivity index (χ4v) is 3.75. The zero-order valence-corrected chi connectivity index (χ0v) is 21.1. The van der Waals surface area contributed by atoms with Crippen LogP contribution < -0.4 is 15.6 Å². The Hall–Kier alpha value is -4.75. The van der Waals surface area contributed by atoms with Crippen LogP contribution in [0.25, 0.3) is 16.9 Å². The van der Waals surface area contributed by atoms with Gasteiger partial charge in [-0.25, -0.2) is 18.9 Å². The van der Waals surface area contributed by atoms with Crippen LogP contribution in [0, 0.1) is 12.7 Å². The van der Waals surface area contributed by atoms with Gasteiger partial charge in [-0.2, -0.15) is 23.3 Å². The molecule has 0 unspecified atom stereocenters. The van der Waals surface area contributed by atoms with Crippen molar-refractivity contribution < 1.29 is 31.8 Å². The van der Waals surface area contributed by atoms with Crippen molar-refractivity contribution in [2.45, 2.75) is 20.0 Å². The summed E-state index contributed by atoms with van der Waals surface area (Å²) in [4.78, 5) is 33.3. The molecule has 0 amide bonds. The molecule has 1 N–H and O–H groups in total. The van der Waals surface area contributed by atoms with E-state index in [-0.39, 0.29) is 45.6 Å². The topological polar surface area (TPSA) is 113 Å². The normalized spacial score (nSPS) is 11.4.